The van der Waals surface area contributed by atoms with Crippen molar-refractivity contribution in [1.29, 1.82) is 0 Å². The van der Waals surface area contributed by atoms with E-state index in [1.807, 2.05) is 37.0 Å². The van der Waals surface area contributed by atoms with Gasteiger partial charge in [0.1, 0.15) is 16.4 Å². The van der Waals surface area contributed by atoms with Crippen LogP contribution in [0.1, 0.15) is 68.2 Å². The molecule has 0 spiro atoms. The molecule has 3 aromatic rings. The van der Waals surface area contributed by atoms with Gasteiger partial charge in [0.05, 0.1) is 10.2 Å². The Kier molecular flexibility index (Phi) is 8.35. The number of halogens is 1. The lowest BCUT2D eigenvalue weighted by atomic mass is 9.96. The highest BCUT2D eigenvalue weighted by molar-refractivity contribution is 9.10. The molecule has 1 saturated carbocycles. The summed E-state index contributed by atoms with van der Waals surface area (Å²) in [6.07, 6.45) is 6.40. The topological polar surface area (TPSA) is 62.7 Å². The summed E-state index contributed by atoms with van der Waals surface area (Å²) in [5, 5.41) is 1.06. The number of benzene rings is 1. The van der Waals surface area contributed by atoms with Crippen molar-refractivity contribution in [3.05, 3.63) is 38.0 Å². The highest BCUT2D eigenvalue weighted by Gasteiger charge is 2.43. The number of ether oxygens (including phenoxy) is 1. The normalized spacial score (nSPS) is 22.8. The molecule has 4 heterocycles. The molecule has 220 valence electrons. The van der Waals surface area contributed by atoms with Gasteiger partial charge in [0.25, 0.3) is 0 Å². The Morgan fingerprint density at radius 2 is 1.90 bits per heavy atom. The SMILES string of the molecule is CN1CCc2c(sc(CC(=O)CCCC3C[C@@H]4CN(C(=O)OC(C)(C)C)C[C@@H]4C3)c2-c2nc3cc(Br)ccc3s2)C1. The number of aromatic nitrogens is 1. The zero-order chi connectivity index (χ0) is 28.9. The first-order valence-corrected chi connectivity index (χ1v) is 17.3. The van der Waals surface area contributed by atoms with Crippen LogP contribution in [0.25, 0.3) is 20.8 Å². The minimum absolute atomic E-state index is 0.172. The van der Waals surface area contributed by atoms with Crippen molar-refractivity contribution in [3.8, 4) is 10.6 Å². The van der Waals surface area contributed by atoms with E-state index in [9.17, 15) is 9.59 Å². The molecule has 1 saturated heterocycles. The smallest absolute Gasteiger partial charge is 0.410 e. The van der Waals surface area contributed by atoms with Gasteiger partial charge in [0.15, 0.2) is 0 Å². The predicted molar refractivity (Wildman–Crippen MR) is 171 cm³/mol. The molecule has 0 radical (unpaired) electrons. The maximum atomic E-state index is 13.3. The number of likely N-dealkylation sites (tertiary alicyclic amines) is 1. The summed E-state index contributed by atoms with van der Waals surface area (Å²) >= 11 is 7.15. The summed E-state index contributed by atoms with van der Waals surface area (Å²) in [5.74, 6) is 2.17. The maximum Gasteiger partial charge on any atom is 0.410 e. The number of amides is 1. The third-order valence-electron chi connectivity index (χ3n) is 8.81. The number of ketones is 1. The number of hydrogen-bond donors (Lipinski definition) is 0. The van der Waals surface area contributed by atoms with Crippen LogP contribution in [0.4, 0.5) is 4.79 Å². The number of carbonyl (C=O) groups is 2. The van der Waals surface area contributed by atoms with Crippen molar-refractivity contribution in [2.75, 3.05) is 26.7 Å². The van der Waals surface area contributed by atoms with E-state index in [0.717, 1.165) is 60.4 Å². The molecular formula is C32H40BrN3O3S2. The molecule has 41 heavy (non-hydrogen) atoms. The van der Waals surface area contributed by atoms with Gasteiger partial charge in [-0.3, -0.25) is 4.79 Å². The first-order valence-electron chi connectivity index (χ1n) is 14.9. The Hall–Kier alpha value is -1.81. The molecule has 2 aromatic heterocycles. The molecule has 3 atom stereocenters. The predicted octanol–water partition coefficient (Wildman–Crippen LogP) is 7.95. The van der Waals surface area contributed by atoms with Crippen LogP contribution >= 0.6 is 38.6 Å². The summed E-state index contributed by atoms with van der Waals surface area (Å²) < 4.78 is 7.81. The van der Waals surface area contributed by atoms with E-state index >= 15 is 0 Å². The molecule has 6 rings (SSSR count). The van der Waals surface area contributed by atoms with Gasteiger partial charge in [0.2, 0.25) is 0 Å². The van der Waals surface area contributed by atoms with Gasteiger partial charge >= 0.3 is 6.09 Å². The van der Waals surface area contributed by atoms with E-state index in [0.29, 0.717) is 36.4 Å². The van der Waals surface area contributed by atoms with Gasteiger partial charge < -0.3 is 14.5 Å². The lowest BCUT2D eigenvalue weighted by Crippen LogP contribution is -2.36. The molecule has 1 unspecified atom stereocenters. The van der Waals surface area contributed by atoms with Crippen LogP contribution in [-0.4, -0.2) is 58.9 Å². The van der Waals surface area contributed by atoms with Crippen molar-refractivity contribution < 1.29 is 14.3 Å². The lowest BCUT2D eigenvalue weighted by Gasteiger charge is -2.25. The molecule has 1 amide bonds. The fourth-order valence-electron chi connectivity index (χ4n) is 6.96. The van der Waals surface area contributed by atoms with Gasteiger partial charge in [-0.1, -0.05) is 22.4 Å². The Morgan fingerprint density at radius 3 is 2.63 bits per heavy atom. The molecule has 2 fully saturated rings. The number of nitrogens with zero attached hydrogens (tertiary/aromatic N) is 3. The second-order valence-corrected chi connectivity index (χ2v) is 16.4. The summed E-state index contributed by atoms with van der Waals surface area (Å²) in [6, 6.07) is 6.28. The van der Waals surface area contributed by atoms with E-state index in [1.165, 1.54) is 38.4 Å². The molecule has 0 N–H and O–H groups in total. The van der Waals surface area contributed by atoms with E-state index in [1.54, 1.807) is 11.3 Å². The summed E-state index contributed by atoms with van der Waals surface area (Å²) in [7, 11) is 2.18. The highest BCUT2D eigenvalue weighted by atomic mass is 79.9. The molecular weight excluding hydrogens is 618 g/mol. The van der Waals surface area contributed by atoms with E-state index in [4.69, 9.17) is 9.72 Å². The second-order valence-electron chi connectivity index (χ2n) is 13.3. The quantitative estimate of drug-likeness (QED) is 0.258. The van der Waals surface area contributed by atoms with Crippen molar-refractivity contribution in [2.45, 2.75) is 77.9 Å². The minimum atomic E-state index is -0.449. The van der Waals surface area contributed by atoms with E-state index < -0.39 is 5.60 Å². The number of Topliss-reactive ketones (excluding diaryl/α,β-unsaturated/α-hetero) is 1. The van der Waals surface area contributed by atoms with E-state index in [-0.39, 0.29) is 6.09 Å². The third kappa shape index (κ3) is 6.58. The van der Waals surface area contributed by atoms with Crippen molar-refractivity contribution in [3.63, 3.8) is 0 Å². The largest absolute Gasteiger partial charge is 0.444 e. The Balaban J connectivity index is 1.06. The third-order valence-corrected chi connectivity index (χ3v) is 11.6. The van der Waals surface area contributed by atoms with Gasteiger partial charge in [-0.25, -0.2) is 9.78 Å². The van der Waals surface area contributed by atoms with Gasteiger partial charge in [0, 0.05) is 58.8 Å². The fraction of sp³-hybridized carbons (Fsp3) is 0.594. The number of rotatable bonds is 7. The molecule has 3 aliphatic rings. The van der Waals surface area contributed by atoms with Gasteiger partial charge in [-0.05, 0) is 95.0 Å². The van der Waals surface area contributed by atoms with Crippen molar-refractivity contribution in [1.82, 2.24) is 14.8 Å². The maximum absolute atomic E-state index is 13.3. The summed E-state index contributed by atoms with van der Waals surface area (Å²) in [6.45, 7) is 9.39. The van der Waals surface area contributed by atoms with Gasteiger partial charge in [-0.15, -0.1) is 22.7 Å². The average Bonchev–Trinajstić information content (AvgIpc) is 3.63. The van der Waals surface area contributed by atoms with Crippen molar-refractivity contribution in [2.24, 2.45) is 17.8 Å². The molecule has 1 aromatic carbocycles. The molecule has 2 aliphatic heterocycles. The zero-order valence-corrected chi connectivity index (χ0v) is 27.7. The molecule has 6 nitrogen and oxygen atoms in total. The number of likely N-dealkylation sites (N-methyl/N-ethyl adjacent to an activating group) is 1. The Labute approximate surface area is 259 Å². The van der Waals surface area contributed by atoms with Gasteiger partial charge in [-0.2, -0.15) is 0 Å². The number of hydrogen-bond acceptors (Lipinski definition) is 7. The first kappa shape index (κ1) is 29.3. The zero-order valence-electron chi connectivity index (χ0n) is 24.5. The minimum Gasteiger partial charge on any atom is -0.444 e. The fourth-order valence-corrected chi connectivity index (χ4v) is 9.88. The number of thiazole rings is 1. The van der Waals surface area contributed by atoms with Crippen LogP contribution < -0.4 is 0 Å². The van der Waals surface area contributed by atoms with Crippen LogP contribution in [0.5, 0.6) is 0 Å². The van der Waals surface area contributed by atoms with Crippen LogP contribution in [0, 0.1) is 17.8 Å². The van der Waals surface area contributed by atoms with Crippen LogP contribution in [0.3, 0.4) is 0 Å². The lowest BCUT2D eigenvalue weighted by molar-refractivity contribution is -0.118. The monoisotopic (exact) mass is 657 g/mol. The van der Waals surface area contributed by atoms with E-state index in [2.05, 4.69) is 46.1 Å². The Bertz CT molecular complexity index is 1440. The first-order chi connectivity index (χ1) is 19.5. The second kappa shape index (κ2) is 11.7. The van der Waals surface area contributed by atoms with Crippen LogP contribution in [-0.2, 0) is 28.9 Å². The molecule has 1 aliphatic carbocycles. The van der Waals surface area contributed by atoms with Crippen LogP contribution in [0.15, 0.2) is 22.7 Å². The molecule has 9 heteroatoms. The number of thiophene rings is 1. The van der Waals surface area contributed by atoms with Crippen molar-refractivity contribution >= 4 is 60.7 Å². The highest BCUT2D eigenvalue weighted by Crippen LogP contribution is 2.45. The Morgan fingerprint density at radius 1 is 1.15 bits per heavy atom. The van der Waals surface area contributed by atoms with Crippen LogP contribution in [0.2, 0.25) is 0 Å². The number of carbonyl (C=O) groups excluding carboxylic acids is 2. The standard InChI is InChI=1S/C32H40BrN3O3S2/c1-32(2,3)39-31(38)36-16-20-12-19(13-21(20)17-36)6-5-7-23(37)15-27-29(24-10-11-35(4)18-28(24)40-27)30-34-25-14-22(33)8-9-26(25)41-30/h8-9,14,19-21H,5-7,10-13,15-18H2,1-4H3/t19?,20-,21+. The summed E-state index contributed by atoms with van der Waals surface area (Å²) in [5.41, 5.74) is 3.21. The summed E-state index contributed by atoms with van der Waals surface area (Å²) in [4.78, 5) is 37.7. The molecule has 0 bridgehead atoms. The number of fused-ring (bicyclic) bond motifs is 3. The average molecular weight is 659 g/mol.